The second kappa shape index (κ2) is 8.87. The van der Waals surface area contributed by atoms with E-state index in [9.17, 15) is 9.59 Å². The van der Waals surface area contributed by atoms with Gasteiger partial charge in [0.25, 0.3) is 5.91 Å². The smallest absolute Gasteiger partial charge is 0.308 e. The Bertz CT molecular complexity index is 1050. The second-order valence-electron chi connectivity index (χ2n) is 6.00. The van der Waals surface area contributed by atoms with Crippen LogP contribution in [0.3, 0.4) is 0 Å². The quantitative estimate of drug-likeness (QED) is 0.284. The number of nitrogens with one attached hydrogen (secondary N) is 1. The maximum absolute atomic E-state index is 12.2. The lowest BCUT2D eigenvalue weighted by Crippen LogP contribution is -2.22. The molecule has 0 saturated heterocycles. The van der Waals surface area contributed by atoms with Gasteiger partial charge in [-0.2, -0.15) is 5.10 Å². The highest BCUT2D eigenvalue weighted by atomic mass is 16.6. The second-order valence-corrected chi connectivity index (χ2v) is 6.00. The number of nitrogens with zero attached hydrogens (tertiary/aromatic N) is 3. The molecule has 0 unspecified atom stereocenters. The maximum atomic E-state index is 12.2. The summed E-state index contributed by atoms with van der Waals surface area (Å²) >= 11 is 0. The van der Waals surface area contributed by atoms with Crippen LogP contribution < -0.4 is 19.6 Å². The molecule has 9 heteroatoms. The molecule has 1 N–H and O–H groups in total. The topological polar surface area (TPSA) is 104 Å². The molecular weight excluding hydrogens is 376 g/mol. The van der Waals surface area contributed by atoms with Crippen LogP contribution in [-0.2, 0) is 16.1 Å². The van der Waals surface area contributed by atoms with Gasteiger partial charge in [0.1, 0.15) is 6.54 Å². The van der Waals surface area contributed by atoms with Crippen molar-refractivity contribution in [3.8, 4) is 17.2 Å². The highest BCUT2D eigenvalue weighted by Gasteiger charge is 2.15. The summed E-state index contributed by atoms with van der Waals surface area (Å²) in [7, 11) is 2.89. The average Bonchev–Trinajstić information content (AvgIpc) is 3.11. The van der Waals surface area contributed by atoms with Gasteiger partial charge in [0.05, 0.1) is 37.8 Å². The number of imidazole rings is 1. The van der Waals surface area contributed by atoms with Crippen molar-refractivity contribution in [3.05, 3.63) is 48.3 Å². The zero-order chi connectivity index (χ0) is 20.8. The number of rotatable bonds is 7. The number of hydrazone groups is 1. The number of amides is 1. The van der Waals surface area contributed by atoms with Crippen LogP contribution >= 0.6 is 0 Å². The fourth-order valence-corrected chi connectivity index (χ4v) is 2.72. The molecule has 0 aliphatic carbocycles. The number of carbonyl (C=O) groups is 2. The van der Waals surface area contributed by atoms with E-state index >= 15 is 0 Å². The number of para-hydroxylation sites is 2. The third-order valence-corrected chi connectivity index (χ3v) is 3.97. The summed E-state index contributed by atoms with van der Waals surface area (Å²) in [5, 5.41) is 3.97. The Morgan fingerprint density at radius 3 is 2.52 bits per heavy atom. The SMILES string of the molecule is COc1cc(/C=N/NC(=O)Cn2cnc3ccccc32)cc(OC)c1OC(C)=O. The molecule has 3 aromatic rings. The van der Waals surface area contributed by atoms with Crippen molar-refractivity contribution in [2.45, 2.75) is 13.5 Å². The Kier molecular flexibility index (Phi) is 6.08. The molecular formula is C20H20N4O5. The summed E-state index contributed by atoms with van der Waals surface area (Å²) in [6.45, 7) is 1.36. The standard InChI is InChI=1S/C20H20N4O5/c1-13(25)29-20-17(27-2)8-14(9-18(20)28-3)10-22-23-19(26)11-24-12-21-15-6-4-5-7-16(15)24/h4-10,12H,11H2,1-3H3,(H,23,26)/b22-10+. The lowest BCUT2D eigenvalue weighted by atomic mass is 10.2. The van der Waals surface area contributed by atoms with Crippen LogP contribution in [0.2, 0.25) is 0 Å². The molecule has 2 aromatic carbocycles. The number of aromatic nitrogens is 2. The molecule has 3 rings (SSSR count). The van der Waals surface area contributed by atoms with Gasteiger partial charge < -0.3 is 18.8 Å². The van der Waals surface area contributed by atoms with Crippen LogP contribution in [0.5, 0.6) is 17.2 Å². The van der Waals surface area contributed by atoms with E-state index in [1.165, 1.54) is 27.4 Å². The number of fused-ring (bicyclic) bond motifs is 1. The third-order valence-electron chi connectivity index (χ3n) is 3.97. The van der Waals surface area contributed by atoms with Gasteiger partial charge in [-0.1, -0.05) is 12.1 Å². The summed E-state index contributed by atoms with van der Waals surface area (Å²) in [6, 6.07) is 10.8. The van der Waals surface area contributed by atoms with Gasteiger partial charge >= 0.3 is 5.97 Å². The van der Waals surface area contributed by atoms with Crippen molar-refractivity contribution >= 4 is 29.1 Å². The van der Waals surface area contributed by atoms with Gasteiger partial charge in [-0.25, -0.2) is 10.4 Å². The number of benzene rings is 2. The Morgan fingerprint density at radius 2 is 1.86 bits per heavy atom. The number of hydrogen-bond acceptors (Lipinski definition) is 7. The molecule has 0 bridgehead atoms. The minimum atomic E-state index is -0.498. The predicted molar refractivity (Wildman–Crippen MR) is 106 cm³/mol. The summed E-state index contributed by atoms with van der Waals surface area (Å²) in [5.41, 5.74) is 4.74. The van der Waals surface area contributed by atoms with Crippen LogP contribution in [0.1, 0.15) is 12.5 Å². The van der Waals surface area contributed by atoms with E-state index in [1.807, 2.05) is 24.3 Å². The molecule has 29 heavy (non-hydrogen) atoms. The van der Waals surface area contributed by atoms with Gasteiger partial charge in [0.2, 0.25) is 5.75 Å². The zero-order valence-electron chi connectivity index (χ0n) is 16.2. The van der Waals surface area contributed by atoms with Gasteiger partial charge in [-0.15, -0.1) is 0 Å². The maximum Gasteiger partial charge on any atom is 0.308 e. The van der Waals surface area contributed by atoms with E-state index in [0.717, 1.165) is 11.0 Å². The van der Waals surface area contributed by atoms with Crippen molar-refractivity contribution in [1.29, 1.82) is 0 Å². The fraction of sp³-hybridized carbons (Fsp3) is 0.200. The van der Waals surface area contributed by atoms with Gasteiger partial charge in [0, 0.05) is 12.5 Å². The Balaban J connectivity index is 1.70. The number of esters is 1. The van der Waals surface area contributed by atoms with Crippen LogP contribution in [0.25, 0.3) is 11.0 Å². The van der Waals surface area contributed by atoms with Crippen LogP contribution in [0.4, 0.5) is 0 Å². The lowest BCUT2D eigenvalue weighted by Gasteiger charge is -2.13. The molecule has 0 spiro atoms. The zero-order valence-corrected chi connectivity index (χ0v) is 16.2. The first-order valence-corrected chi connectivity index (χ1v) is 8.68. The van der Waals surface area contributed by atoms with E-state index in [2.05, 4.69) is 15.5 Å². The van der Waals surface area contributed by atoms with E-state index in [0.29, 0.717) is 17.1 Å². The first-order chi connectivity index (χ1) is 14.0. The van der Waals surface area contributed by atoms with E-state index in [4.69, 9.17) is 14.2 Å². The number of methoxy groups -OCH3 is 2. The molecule has 150 valence electrons. The minimum Gasteiger partial charge on any atom is -0.493 e. The normalized spacial score (nSPS) is 10.9. The van der Waals surface area contributed by atoms with Crippen molar-refractivity contribution in [2.24, 2.45) is 5.10 Å². The molecule has 9 nitrogen and oxygen atoms in total. The van der Waals surface area contributed by atoms with Crippen LogP contribution in [0, 0.1) is 0 Å². The first kappa shape index (κ1) is 19.9. The molecule has 0 atom stereocenters. The molecule has 0 saturated carbocycles. The Labute approximate surface area is 166 Å². The third kappa shape index (κ3) is 4.70. The summed E-state index contributed by atoms with van der Waals surface area (Å²) in [4.78, 5) is 27.7. The number of carbonyl (C=O) groups excluding carboxylic acids is 2. The fourth-order valence-electron chi connectivity index (χ4n) is 2.72. The van der Waals surface area contributed by atoms with Crippen LogP contribution in [0.15, 0.2) is 47.8 Å². The van der Waals surface area contributed by atoms with Crippen LogP contribution in [-0.4, -0.2) is 41.9 Å². The van der Waals surface area contributed by atoms with Gasteiger partial charge in [-0.3, -0.25) is 9.59 Å². The van der Waals surface area contributed by atoms with Crippen molar-refractivity contribution in [1.82, 2.24) is 15.0 Å². The van der Waals surface area contributed by atoms with E-state index < -0.39 is 5.97 Å². The number of ether oxygens (including phenoxy) is 3. The largest absolute Gasteiger partial charge is 0.493 e. The van der Waals surface area contributed by atoms with Crippen molar-refractivity contribution in [2.75, 3.05) is 14.2 Å². The molecule has 1 amide bonds. The Hall–Kier alpha value is -3.88. The highest BCUT2D eigenvalue weighted by molar-refractivity contribution is 5.85. The molecule has 0 fully saturated rings. The molecule has 1 heterocycles. The predicted octanol–water partition coefficient (Wildman–Crippen LogP) is 2.13. The Morgan fingerprint density at radius 1 is 1.17 bits per heavy atom. The van der Waals surface area contributed by atoms with Crippen molar-refractivity contribution in [3.63, 3.8) is 0 Å². The van der Waals surface area contributed by atoms with E-state index in [1.54, 1.807) is 23.0 Å². The summed E-state index contributed by atoms with van der Waals surface area (Å²) in [5.74, 6) is -0.0210. The lowest BCUT2D eigenvalue weighted by molar-refractivity contribution is -0.132. The van der Waals surface area contributed by atoms with Gasteiger partial charge in [0.15, 0.2) is 11.5 Å². The minimum absolute atomic E-state index is 0.0793. The molecule has 1 aromatic heterocycles. The molecule has 0 aliphatic rings. The summed E-state index contributed by atoms with van der Waals surface area (Å²) < 4.78 is 17.4. The highest BCUT2D eigenvalue weighted by Crippen LogP contribution is 2.38. The number of hydrogen-bond donors (Lipinski definition) is 1. The monoisotopic (exact) mass is 396 g/mol. The summed E-state index contributed by atoms with van der Waals surface area (Å²) in [6.07, 6.45) is 3.05. The molecule has 0 aliphatic heterocycles. The van der Waals surface area contributed by atoms with E-state index in [-0.39, 0.29) is 18.2 Å². The average molecular weight is 396 g/mol. The molecule has 0 radical (unpaired) electrons. The van der Waals surface area contributed by atoms with Crippen molar-refractivity contribution < 1.29 is 23.8 Å². The first-order valence-electron chi connectivity index (χ1n) is 8.68. The van der Waals surface area contributed by atoms with Gasteiger partial charge in [-0.05, 0) is 24.3 Å².